The second-order valence-corrected chi connectivity index (χ2v) is 5.39. The summed E-state index contributed by atoms with van der Waals surface area (Å²) in [5.74, 6) is -0.546. The van der Waals surface area contributed by atoms with E-state index in [1.165, 1.54) is 24.4 Å². The minimum atomic E-state index is -0.654. The zero-order valence-electron chi connectivity index (χ0n) is 12.0. The summed E-state index contributed by atoms with van der Waals surface area (Å²) in [4.78, 5) is 8.01. The molecule has 0 N–H and O–H groups in total. The average Bonchev–Trinajstić information content (AvgIpc) is 2.91. The quantitative estimate of drug-likeness (QED) is 0.652. The molecule has 0 unspecified atom stereocenters. The highest BCUT2D eigenvalue weighted by molar-refractivity contribution is 7.92. The number of aromatic nitrogens is 3. The molecule has 0 aromatic carbocycles. The number of nitrogens with zero attached hydrogens (tertiary/aromatic N) is 3. The third-order valence-corrected chi connectivity index (χ3v) is 3.92. The molecule has 0 aliphatic heterocycles. The van der Waals surface area contributed by atoms with Crippen LogP contribution in [0, 0.1) is 5.82 Å². The largest absolute Gasteiger partial charge is 0.493 e. The molecule has 3 aromatic heterocycles. The summed E-state index contributed by atoms with van der Waals surface area (Å²) in [6.45, 7) is 0. The van der Waals surface area contributed by atoms with Gasteiger partial charge in [-0.15, -0.1) is 3.89 Å². The monoisotopic (exact) mass is 357 g/mol. The molecule has 0 bridgehead atoms. The summed E-state index contributed by atoms with van der Waals surface area (Å²) in [6.07, 6.45) is 2.46. The zero-order chi connectivity index (χ0) is 16.6. The molecule has 0 radical (unpaired) electrons. The Morgan fingerprint density at radius 2 is 2.04 bits per heavy atom. The number of hydrogen-bond donors (Lipinski definition) is 0. The lowest BCUT2D eigenvalue weighted by atomic mass is 10.1. The van der Waals surface area contributed by atoms with Gasteiger partial charge in [0.05, 0.1) is 26.0 Å². The molecule has 3 aromatic rings. The molecule has 0 spiro atoms. The van der Waals surface area contributed by atoms with Gasteiger partial charge in [0.15, 0.2) is 29.5 Å². The molecule has 0 aliphatic rings. The topological polar surface area (TPSA) is 49.2 Å². The molecule has 0 fully saturated rings. The fraction of sp³-hybridized carbons (Fsp3) is 0.143. The van der Waals surface area contributed by atoms with E-state index in [-0.39, 0.29) is 34.7 Å². The number of pyridine rings is 2. The molecule has 23 heavy (non-hydrogen) atoms. The molecule has 3 rings (SSSR count). The van der Waals surface area contributed by atoms with E-state index in [0.29, 0.717) is 16.6 Å². The highest BCUT2D eigenvalue weighted by Gasteiger charge is 2.23. The number of methoxy groups -OCH3 is 2. The lowest BCUT2D eigenvalue weighted by Crippen LogP contribution is -1.98. The predicted octanol–water partition coefficient (Wildman–Crippen LogP) is 4.29. The SMILES string of the molecule is COc1ncc(F)c(OC)c1-c1cn(SF)c2nc(Cl)ccc12. The van der Waals surface area contributed by atoms with Crippen molar-refractivity contribution in [1.82, 2.24) is 13.9 Å². The smallest absolute Gasteiger partial charge is 0.225 e. The Balaban J connectivity index is 2.40. The Bertz CT molecular complexity index is 888. The van der Waals surface area contributed by atoms with E-state index in [1.54, 1.807) is 12.1 Å². The van der Waals surface area contributed by atoms with E-state index < -0.39 is 5.82 Å². The lowest BCUT2D eigenvalue weighted by molar-refractivity contribution is 0.367. The molecule has 9 heteroatoms. The Labute approximate surface area is 139 Å². The van der Waals surface area contributed by atoms with Crippen LogP contribution < -0.4 is 9.47 Å². The van der Waals surface area contributed by atoms with E-state index in [4.69, 9.17) is 21.1 Å². The lowest BCUT2D eigenvalue weighted by Gasteiger charge is -2.12. The minimum Gasteiger partial charge on any atom is -0.493 e. The summed E-state index contributed by atoms with van der Waals surface area (Å²) < 4.78 is 38.8. The van der Waals surface area contributed by atoms with Crippen molar-refractivity contribution in [1.29, 1.82) is 0 Å². The van der Waals surface area contributed by atoms with E-state index in [2.05, 4.69) is 9.97 Å². The first-order valence-corrected chi connectivity index (χ1v) is 7.39. The summed E-state index contributed by atoms with van der Waals surface area (Å²) in [5.41, 5.74) is 1.04. The van der Waals surface area contributed by atoms with Crippen molar-refractivity contribution >= 4 is 35.0 Å². The summed E-state index contributed by atoms with van der Waals surface area (Å²) in [7, 11) is 2.74. The first-order valence-electron chi connectivity index (χ1n) is 6.34. The van der Waals surface area contributed by atoms with E-state index in [9.17, 15) is 8.28 Å². The first-order chi connectivity index (χ1) is 11.1. The van der Waals surface area contributed by atoms with Crippen molar-refractivity contribution in [3.05, 3.63) is 35.5 Å². The van der Waals surface area contributed by atoms with E-state index in [1.807, 2.05) is 0 Å². The Morgan fingerprint density at radius 1 is 1.26 bits per heavy atom. The molecular weight excluding hydrogens is 348 g/mol. The minimum absolute atomic E-state index is 0.0466. The summed E-state index contributed by atoms with van der Waals surface area (Å²) in [5, 5.41) is 0.775. The molecule has 0 amide bonds. The van der Waals surface area contributed by atoms with Gasteiger partial charge in [-0.2, -0.15) is 0 Å². The maximum absolute atomic E-state index is 14.0. The van der Waals surface area contributed by atoms with Gasteiger partial charge in [0.25, 0.3) is 0 Å². The Hall–Kier alpha value is -2.06. The van der Waals surface area contributed by atoms with Gasteiger partial charge in [-0.1, -0.05) is 11.6 Å². The molecule has 0 saturated carbocycles. The molecule has 5 nitrogen and oxygen atoms in total. The second-order valence-electron chi connectivity index (χ2n) is 4.47. The van der Waals surface area contributed by atoms with Crippen LogP contribution in [0.2, 0.25) is 5.15 Å². The zero-order valence-corrected chi connectivity index (χ0v) is 13.6. The van der Waals surface area contributed by atoms with Crippen LogP contribution in [0.15, 0.2) is 24.5 Å². The van der Waals surface area contributed by atoms with Crippen LogP contribution in [0.3, 0.4) is 0 Å². The molecular formula is C14H10ClF2N3O2S. The number of ether oxygens (including phenoxy) is 2. The van der Waals surface area contributed by atoms with Crippen LogP contribution in [-0.2, 0) is 0 Å². The van der Waals surface area contributed by atoms with Crippen LogP contribution in [0.1, 0.15) is 0 Å². The standard InChI is InChI=1S/C14H10ClF2N3O2S/c1-21-12-9(16)5-18-14(22-2)11(12)8-6-20(23-17)13-7(8)3-4-10(15)19-13/h3-6H,1-2H3. The average molecular weight is 358 g/mol. The number of hydrogen-bond acceptors (Lipinski definition) is 5. The summed E-state index contributed by atoms with van der Waals surface area (Å²) in [6, 6.07) is 3.23. The highest BCUT2D eigenvalue weighted by atomic mass is 35.5. The number of halogens is 3. The van der Waals surface area contributed by atoms with Crippen LogP contribution in [0.25, 0.3) is 22.2 Å². The molecule has 0 atom stereocenters. The van der Waals surface area contributed by atoms with Crippen molar-refractivity contribution in [2.24, 2.45) is 0 Å². The fourth-order valence-corrected chi connectivity index (χ4v) is 2.84. The van der Waals surface area contributed by atoms with E-state index in [0.717, 1.165) is 6.20 Å². The fourth-order valence-electron chi connectivity index (χ4n) is 2.35. The molecule has 0 aliphatic carbocycles. The van der Waals surface area contributed by atoms with Crippen LogP contribution >= 0.6 is 23.9 Å². The third-order valence-electron chi connectivity index (χ3n) is 3.28. The highest BCUT2D eigenvalue weighted by Crippen LogP contribution is 2.43. The van der Waals surface area contributed by atoms with Crippen LogP contribution in [0.5, 0.6) is 11.6 Å². The van der Waals surface area contributed by atoms with Crippen molar-refractivity contribution in [2.75, 3.05) is 14.2 Å². The van der Waals surface area contributed by atoms with Crippen molar-refractivity contribution in [3.8, 4) is 22.8 Å². The first kappa shape index (κ1) is 15.8. The van der Waals surface area contributed by atoms with Gasteiger partial charge in [-0.3, -0.25) is 0 Å². The third kappa shape index (κ3) is 2.57. The van der Waals surface area contributed by atoms with Gasteiger partial charge >= 0.3 is 0 Å². The maximum atomic E-state index is 14.0. The molecule has 120 valence electrons. The van der Waals surface area contributed by atoms with Gasteiger partial charge in [0, 0.05) is 17.1 Å². The number of rotatable bonds is 4. The normalized spacial score (nSPS) is 11.0. The maximum Gasteiger partial charge on any atom is 0.225 e. The van der Waals surface area contributed by atoms with Gasteiger partial charge in [-0.25, -0.2) is 18.3 Å². The predicted molar refractivity (Wildman–Crippen MR) is 85.1 cm³/mol. The van der Waals surface area contributed by atoms with Gasteiger partial charge < -0.3 is 9.47 Å². The van der Waals surface area contributed by atoms with E-state index >= 15 is 0 Å². The van der Waals surface area contributed by atoms with Gasteiger partial charge in [0.2, 0.25) is 5.88 Å². The second kappa shape index (κ2) is 6.21. The molecule has 3 heterocycles. The molecule has 0 saturated heterocycles. The van der Waals surface area contributed by atoms with Crippen molar-refractivity contribution in [3.63, 3.8) is 0 Å². The van der Waals surface area contributed by atoms with Gasteiger partial charge in [-0.05, 0) is 12.1 Å². The van der Waals surface area contributed by atoms with Crippen LogP contribution in [0.4, 0.5) is 8.28 Å². The van der Waals surface area contributed by atoms with Gasteiger partial charge in [0.1, 0.15) is 5.15 Å². The van der Waals surface area contributed by atoms with Crippen molar-refractivity contribution in [2.45, 2.75) is 0 Å². The summed E-state index contributed by atoms with van der Waals surface area (Å²) >= 11 is 5.82. The number of fused-ring (bicyclic) bond motifs is 1. The van der Waals surface area contributed by atoms with Crippen molar-refractivity contribution < 1.29 is 17.7 Å². The van der Waals surface area contributed by atoms with Crippen LogP contribution in [-0.4, -0.2) is 28.2 Å². The Morgan fingerprint density at radius 3 is 2.70 bits per heavy atom. The Kier molecular flexibility index (Phi) is 4.27.